The van der Waals surface area contributed by atoms with Gasteiger partial charge in [0.25, 0.3) is 0 Å². The molecule has 3 heteroatoms. The van der Waals surface area contributed by atoms with E-state index in [1.54, 1.807) is 0 Å². The first kappa shape index (κ1) is 27.3. The minimum atomic E-state index is -0.446. The second-order valence-electron chi connectivity index (χ2n) is 8.13. The summed E-state index contributed by atoms with van der Waals surface area (Å²) in [5, 5.41) is 5.63. The van der Waals surface area contributed by atoms with Crippen LogP contribution in [0.3, 0.4) is 0 Å². The molecule has 0 fully saturated rings. The fraction of sp³-hybridized carbons (Fsp3) is 0.0938. The predicted molar refractivity (Wildman–Crippen MR) is 155 cm³/mol. The third kappa shape index (κ3) is 8.71. The van der Waals surface area contributed by atoms with Crippen LogP contribution in [0.15, 0.2) is 127 Å². The Labute approximate surface area is 223 Å². The summed E-state index contributed by atoms with van der Waals surface area (Å²) >= 11 is 2.93. The van der Waals surface area contributed by atoms with Gasteiger partial charge >= 0.3 is 78.7 Å². The predicted octanol–water partition coefficient (Wildman–Crippen LogP) is 7.41. The summed E-state index contributed by atoms with van der Waals surface area (Å²) in [6, 6.07) is 36.8. The van der Waals surface area contributed by atoms with Gasteiger partial charge in [0.15, 0.2) is 0 Å². The van der Waals surface area contributed by atoms with E-state index >= 15 is 0 Å². The van der Waals surface area contributed by atoms with Gasteiger partial charge in [-0.2, -0.15) is 0 Å². The molecule has 1 aliphatic carbocycles. The van der Waals surface area contributed by atoms with Crippen molar-refractivity contribution in [2.24, 2.45) is 0 Å². The molecule has 0 N–H and O–H groups in total. The van der Waals surface area contributed by atoms with Gasteiger partial charge in [-0.05, 0) is 23.8 Å². The van der Waals surface area contributed by atoms with Gasteiger partial charge in [0.05, 0.1) is 0 Å². The molecule has 0 atom stereocenters. The number of aryl methyl sites for hydroxylation is 3. The van der Waals surface area contributed by atoms with E-state index in [-0.39, 0.29) is 0 Å². The van der Waals surface area contributed by atoms with E-state index in [4.69, 9.17) is 0 Å². The zero-order chi connectivity index (χ0) is 24.9. The first-order valence-electron chi connectivity index (χ1n) is 11.6. The van der Waals surface area contributed by atoms with Gasteiger partial charge in [0.1, 0.15) is 0 Å². The van der Waals surface area contributed by atoms with Crippen molar-refractivity contribution in [2.45, 2.75) is 20.8 Å². The van der Waals surface area contributed by atoms with Crippen LogP contribution < -0.4 is 21.2 Å². The SMILES string of the molecule is Cc1cc(C)c([P]=[Rh])c(C)c1.[CH]1C=CC=C1.c1ccc(P(c2ccccc2)c2ccccc2)cc1. The molecule has 0 heterocycles. The topological polar surface area (TPSA) is 0 Å². The molecule has 0 aliphatic heterocycles. The molecule has 178 valence electrons. The molecule has 35 heavy (non-hydrogen) atoms. The van der Waals surface area contributed by atoms with E-state index in [9.17, 15) is 0 Å². The van der Waals surface area contributed by atoms with Crippen LogP contribution in [0.1, 0.15) is 16.7 Å². The van der Waals surface area contributed by atoms with Gasteiger partial charge in [0.2, 0.25) is 0 Å². The van der Waals surface area contributed by atoms with Crippen LogP contribution >= 0.6 is 14.4 Å². The van der Waals surface area contributed by atoms with Crippen molar-refractivity contribution in [3.05, 3.63) is 151 Å². The summed E-state index contributed by atoms with van der Waals surface area (Å²) in [5.41, 5.74) is 4.15. The van der Waals surface area contributed by atoms with Crippen LogP contribution in [0.5, 0.6) is 0 Å². The minimum Gasteiger partial charge on any atom is -0.0767 e. The number of hydrogen-bond acceptors (Lipinski definition) is 0. The Bertz CT molecular complexity index is 1120. The fourth-order valence-corrected chi connectivity index (χ4v) is 8.19. The molecular weight excluding hydrogens is 549 g/mol. The Balaban J connectivity index is 0.000000179. The van der Waals surface area contributed by atoms with E-state index in [0.29, 0.717) is 0 Å². The number of allylic oxidation sites excluding steroid dienone is 4. The van der Waals surface area contributed by atoms with Gasteiger partial charge < -0.3 is 0 Å². The minimum absolute atomic E-state index is 0.446. The van der Waals surface area contributed by atoms with Crippen molar-refractivity contribution in [2.75, 3.05) is 0 Å². The zero-order valence-corrected chi connectivity index (χ0v) is 23.9. The Morgan fingerprint density at radius 3 is 1.20 bits per heavy atom. The molecule has 0 spiro atoms. The van der Waals surface area contributed by atoms with E-state index in [0.717, 1.165) is 0 Å². The van der Waals surface area contributed by atoms with Crippen molar-refractivity contribution < 1.29 is 17.3 Å². The Morgan fingerprint density at radius 2 is 0.914 bits per heavy atom. The monoisotopic (exact) mass is 580 g/mol. The summed E-state index contributed by atoms with van der Waals surface area (Å²) in [4.78, 5) is 0. The largest absolute Gasteiger partial charge is 0.0767 e. The first-order chi connectivity index (χ1) is 17.1. The Morgan fingerprint density at radius 1 is 0.543 bits per heavy atom. The molecule has 0 aromatic heterocycles. The standard InChI is InChI=1S/C18H15P.C9H11P.C5H5.Rh/c1-4-10-16(11-5-1)19(17-12-6-2-7-13-17)18-14-8-3-9-15-18;1-6-4-7(2)9(10)8(3)5-6;1-2-4-5-3-1;/h1-15H;4-5H,1-3H3;1-5H;. The second kappa shape index (κ2) is 15.0. The van der Waals surface area contributed by atoms with Crippen molar-refractivity contribution in [1.82, 2.24) is 0 Å². The summed E-state index contributed by atoms with van der Waals surface area (Å²) in [6.07, 6.45) is 10.0. The van der Waals surface area contributed by atoms with Crippen LogP contribution in [0, 0.1) is 27.2 Å². The van der Waals surface area contributed by atoms with E-state index < -0.39 is 7.92 Å². The maximum absolute atomic E-state index is 2.93. The summed E-state index contributed by atoms with van der Waals surface area (Å²) in [6.45, 7) is 7.75. The number of rotatable bonds is 4. The van der Waals surface area contributed by atoms with Crippen molar-refractivity contribution >= 4 is 35.6 Å². The van der Waals surface area contributed by atoms with Crippen LogP contribution in [0.2, 0.25) is 0 Å². The fourth-order valence-electron chi connectivity index (χ4n) is 3.79. The molecule has 4 aromatic rings. The summed E-state index contributed by atoms with van der Waals surface area (Å²) in [5.74, 6) is 0. The number of hydrogen-bond donors (Lipinski definition) is 0. The number of benzene rings is 4. The van der Waals surface area contributed by atoms with E-state index in [1.165, 1.54) is 44.4 Å². The third-order valence-electron chi connectivity index (χ3n) is 5.31. The second-order valence-corrected chi connectivity index (χ2v) is 12.0. The van der Waals surface area contributed by atoms with Crippen LogP contribution in [-0.2, 0) is 17.3 Å². The summed E-state index contributed by atoms with van der Waals surface area (Å²) in [7, 11) is -0.446. The van der Waals surface area contributed by atoms with Crippen molar-refractivity contribution in [3.8, 4) is 0 Å². The van der Waals surface area contributed by atoms with E-state index in [1.807, 2.05) is 30.7 Å². The zero-order valence-electron chi connectivity index (χ0n) is 20.4. The van der Waals surface area contributed by atoms with E-state index in [2.05, 4.69) is 141 Å². The molecular formula is C32H31P2Rh. The maximum atomic E-state index is 2.93. The van der Waals surface area contributed by atoms with Gasteiger partial charge in [-0.25, -0.2) is 0 Å². The molecule has 1 aliphatic rings. The Kier molecular flexibility index (Phi) is 11.7. The molecule has 4 aromatic carbocycles. The van der Waals surface area contributed by atoms with Gasteiger partial charge in [-0.15, -0.1) is 0 Å². The maximum Gasteiger partial charge on any atom is 0.00506 e. The summed E-state index contributed by atoms with van der Waals surface area (Å²) < 4.78 is 0. The van der Waals surface area contributed by atoms with Gasteiger partial charge in [0, 0.05) is 6.42 Å². The van der Waals surface area contributed by atoms with Gasteiger partial charge in [-0.3, -0.25) is 0 Å². The first-order valence-corrected chi connectivity index (χ1v) is 15.9. The average molecular weight is 580 g/mol. The normalized spacial score (nSPS) is 11.6. The smallest absolute Gasteiger partial charge is 0.00506 e. The molecule has 0 bridgehead atoms. The average Bonchev–Trinajstić information content (AvgIpc) is 3.47. The van der Waals surface area contributed by atoms with Crippen molar-refractivity contribution in [3.63, 3.8) is 0 Å². The van der Waals surface area contributed by atoms with Crippen LogP contribution in [-0.4, -0.2) is 0 Å². The molecule has 1 radical (unpaired) electrons. The molecule has 0 saturated heterocycles. The molecule has 0 nitrogen and oxygen atoms in total. The molecule has 0 unspecified atom stereocenters. The Hall–Kier alpha value is -2.29. The molecule has 0 amide bonds. The molecule has 0 saturated carbocycles. The van der Waals surface area contributed by atoms with Crippen molar-refractivity contribution in [1.29, 1.82) is 0 Å². The van der Waals surface area contributed by atoms with Crippen LogP contribution in [0.4, 0.5) is 0 Å². The molecule has 5 rings (SSSR count). The van der Waals surface area contributed by atoms with Crippen LogP contribution in [0.25, 0.3) is 0 Å². The quantitative estimate of drug-likeness (QED) is 0.174. The van der Waals surface area contributed by atoms with Gasteiger partial charge in [-0.1, -0.05) is 115 Å². The third-order valence-corrected chi connectivity index (χ3v) is 9.71.